The van der Waals surface area contributed by atoms with Gasteiger partial charge in [0.05, 0.1) is 36.2 Å². The molecule has 2 fully saturated rings. The largest absolute Gasteiger partial charge is 0.466 e. The van der Waals surface area contributed by atoms with Crippen LogP contribution in [0.4, 0.5) is 0 Å². The van der Waals surface area contributed by atoms with Crippen molar-refractivity contribution >= 4 is 23.9 Å². The second-order valence-electron chi connectivity index (χ2n) is 10.7. The average molecular weight is 551 g/mol. The van der Waals surface area contributed by atoms with E-state index in [0.717, 1.165) is 11.1 Å². The predicted molar refractivity (Wildman–Crippen MR) is 140 cm³/mol. The molecule has 6 rings (SSSR count). The van der Waals surface area contributed by atoms with Gasteiger partial charge < -0.3 is 18.9 Å². The topological polar surface area (TPSA) is 131 Å². The molecular weight excluding hydrogens is 516 g/mol. The summed E-state index contributed by atoms with van der Waals surface area (Å²) in [5.74, 6) is -1.01. The van der Waals surface area contributed by atoms with Crippen LogP contribution in [-0.2, 0) is 39.7 Å². The highest BCUT2D eigenvalue weighted by Gasteiger charge is 2.50. The molecule has 0 N–H and O–H groups in total. The molecule has 0 saturated heterocycles. The minimum Gasteiger partial charge on any atom is -0.466 e. The zero-order chi connectivity index (χ0) is 28.3. The molecule has 0 unspecified atom stereocenters. The number of aromatic nitrogens is 2. The quantitative estimate of drug-likeness (QED) is 0.399. The number of pyridine rings is 2. The van der Waals surface area contributed by atoms with Crippen LogP contribution in [0.5, 0.6) is 0 Å². The molecule has 2 saturated carbocycles. The summed E-state index contributed by atoms with van der Waals surface area (Å²) in [5.41, 5.74) is 1.79. The van der Waals surface area contributed by atoms with Gasteiger partial charge in [0.25, 0.3) is 0 Å². The molecular formula is C30H34N2O8. The molecule has 0 amide bonds. The van der Waals surface area contributed by atoms with Gasteiger partial charge >= 0.3 is 23.9 Å². The van der Waals surface area contributed by atoms with Crippen LogP contribution in [0.3, 0.4) is 0 Å². The van der Waals surface area contributed by atoms with Gasteiger partial charge in [0.1, 0.15) is 11.2 Å². The van der Waals surface area contributed by atoms with Gasteiger partial charge in [-0.2, -0.15) is 0 Å². The van der Waals surface area contributed by atoms with Crippen molar-refractivity contribution in [1.29, 1.82) is 0 Å². The normalized spacial score (nSPS) is 28.1. The van der Waals surface area contributed by atoms with E-state index in [4.69, 9.17) is 18.9 Å². The Hall–Kier alpha value is -3.82. The summed E-state index contributed by atoms with van der Waals surface area (Å²) in [6.45, 7) is 4.43. The maximum Gasteiger partial charge on any atom is 0.339 e. The summed E-state index contributed by atoms with van der Waals surface area (Å²) in [5, 5.41) is 0. The van der Waals surface area contributed by atoms with Gasteiger partial charge in [0, 0.05) is 35.9 Å². The highest BCUT2D eigenvalue weighted by molar-refractivity contribution is 5.95. The molecule has 10 nitrogen and oxygen atoms in total. The number of ether oxygens (including phenoxy) is 4. The minimum atomic E-state index is -0.580. The molecule has 2 aliphatic heterocycles. The van der Waals surface area contributed by atoms with Gasteiger partial charge in [-0.15, -0.1) is 0 Å². The fraction of sp³-hybridized carbons (Fsp3) is 0.533. The number of hydrogen-bond acceptors (Lipinski definition) is 10. The van der Waals surface area contributed by atoms with Crippen LogP contribution < -0.4 is 0 Å². The third-order valence-electron chi connectivity index (χ3n) is 8.47. The number of carbonyl (C=O) groups excluding carboxylic acids is 4. The molecule has 0 atom stereocenters. The van der Waals surface area contributed by atoms with E-state index in [9.17, 15) is 19.2 Å². The lowest BCUT2D eigenvalue weighted by Gasteiger charge is -2.35. The molecule has 0 radical (unpaired) electrons. The Balaban J connectivity index is 0.000000161. The van der Waals surface area contributed by atoms with Gasteiger partial charge in [-0.3, -0.25) is 19.6 Å². The van der Waals surface area contributed by atoms with Gasteiger partial charge in [0.15, 0.2) is 0 Å². The Kier molecular flexibility index (Phi) is 7.87. The lowest BCUT2D eigenvalue weighted by Crippen LogP contribution is -2.34. The van der Waals surface area contributed by atoms with Crippen molar-refractivity contribution in [2.45, 2.75) is 76.4 Å². The van der Waals surface area contributed by atoms with Crippen molar-refractivity contribution in [3.8, 4) is 0 Å². The van der Waals surface area contributed by atoms with Crippen LogP contribution in [0.25, 0.3) is 0 Å². The first-order valence-electron chi connectivity index (χ1n) is 14.0. The maximum absolute atomic E-state index is 11.9. The van der Waals surface area contributed by atoms with Crippen LogP contribution >= 0.6 is 0 Å². The number of rotatable bonds is 4. The zero-order valence-electron chi connectivity index (χ0n) is 22.9. The Bertz CT molecular complexity index is 1190. The van der Waals surface area contributed by atoms with Crippen LogP contribution in [0.15, 0.2) is 36.9 Å². The van der Waals surface area contributed by atoms with E-state index in [2.05, 4.69) is 9.97 Å². The SMILES string of the molecule is CCOC(=O)C1CCC2(CC1)OC(=O)c1ccncc12.CCOC(=O)C1CCC2(CC1)OC(=O)c1ccncc12. The molecule has 4 aliphatic rings. The maximum atomic E-state index is 11.9. The Morgan fingerprint density at radius 2 is 1.12 bits per heavy atom. The van der Waals surface area contributed by atoms with Crippen molar-refractivity contribution < 1.29 is 38.1 Å². The van der Waals surface area contributed by atoms with Crippen LogP contribution in [0.2, 0.25) is 0 Å². The molecule has 10 heteroatoms. The van der Waals surface area contributed by atoms with E-state index in [-0.39, 0.29) is 35.7 Å². The number of carbonyl (C=O) groups is 4. The third kappa shape index (κ3) is 5.07. The molecule has 2 spiro atoms. The molecule has 2 aromatic rings. The number of hydrogen-bond donors (Lipinski definition) is 0. The monoisotopic (exact) mass is 550 g/mol. The minimum absolute atomic E-state index is 0.0833. The highest BCUT2D eigenvalue weighted by atomic mass is 16.6. The van der Waals surface area contributed by atoms with Gasteiger partial charge in [0.2, 0.25) is 0 Å². The number of nitrogens with zero attached hydrogens (tertiary/aromatic N) is 2. The van der Waals surface area contributed by atoms with E-state index in [1.807, 2.05) is 13.8 Å². The fourth-order valence-corrected chi connectivity index (χ4v) is 6.35. The molecule has 40 heavy (non-hydrogen) atoms. The summed E-state index contributed by atoms with van der Waals surface area (Å²) >= 11 is 0. The molecule has 2 aromatic heterocycles. The number of esters is 4. The van der Waals surface area contributed by atoms with Crippen LogP contribution in [-0.4, -0.2) is 47.1 Å². The Morgan fingerprint density at radius 3 is 1.48 bits per heavy atom. The van der Waals surface area contributed by atoms with Gasteiger partial charge in [-0.1, -0.05) is 0 Å². The lowest BCUT2D eigenvalue weighted by molar-refractivity contribution is -0.152. The summed E-state index contributed by atoms with van der Waals surface area (Å²) in [7, 11) is 0. The van der Waals surface area contributed by atoms with Gasteiger partial charge in [-0.05, 0) is 77.3 Å². The van der Waals surface area contributed by atoms with Crippen molar-refractivity contribution in [2.75, 3.05) is 13.2 Å². The van der Waals surface area contributed by atoms with E-state index < -0.39 is 11.2 Å². The van der Waals surface area contributed by atoms with E-state index in [1.165, 1.54) is 0 Å². The standard InChI is InChI=1S/2C15H17NO4/c2*1-2-19-13(17)10-3-6-15(7-4-10)12-9-16-8-5-11(12)14(18)20-15/h2*5,8-10H,2-4,6-7H2,1H3. The van der Waals surface area contributed by atoms with Crippen LogP contribution in [0, 0.1) is 11.8 Å². The summed E-state index contributed by atoms with van der Waals surface area (Å²) < 4.78 is 21.4. The van der Waals surface area contributed by atoms with Gasteiger partial charge in [-0.25, -0.2) is 9.59 Å². The molecule has 0 aromatic carbocycles. The second kappa shape index (κ2) is 11.3. The smallest absolute Gasteiger partial charge is 0.339 e. The van der Waals surface area contributed by atoms with E-state index in [1.54, 1.807) is 36.9 Å². The van der Waals surface area contributed by atoms with Crippen LogP contribution in [0.1, 0.15) is 97.1 Å². The molecule has 4 heterocycles. The summed E-state index contributed by atoms with van der Waals surface area (Å²) in [6, 6.07) is 3.40. The highest BCUT2D eigenvalue weighted by Crippen LogP contribution is 2.49. The first-order valence-corrected chi connectivity index (χ1v) is 14.0. The predicted octanol–water partition coefficient (Wildman–Crippen LogP) is 4.40. The molecule has 2 aliphatic carbocycles. The fourth-order valence-electron chi connectivity index (χ4n) is 6.35. The summed E-state index contributed by atoms with van der Waals surface area (Å²) in [4.78, 5) is 55.6. The van der Waals surface area contributed by atoms with Crippen molar-refractivity contribution in [1.82, 2.24) is 9.97 Å². The summed E-state index contributed by atoms with van der Waals surface area (Å²) in [6.07, 6.45) is 12.0. The second-order valence-corrected chi connectivity index (χ2v) is 10.7. The molecule has 0 bridgehead atoms. The van der Waals surface area contributed by atoms with Crippen molar-refractivity contribution in [3.05, 3.63) is 59.2 Å². The number of fused-ring (bicyclic) bond motifs is 4. The average Bonchev–Trinajstić information content (AvgIpc) is 3.40. The lowest BCUT2D eigenvalue weighted by atomic mass is 9.75. The Labute approximate surface area is 232 Å². The van der Waals surface area contributed by atoms with E-state index in [0.29, 0.717) is 75.7 Å². The van der Waals surface area contributed by atoms with Crippen molar-refractivity contribution in [2.24, 2.45) is 11.8 Å². The third-order valence-corrected chi connectivity index (χ3v) is 8.47. The molecule has 212 valence electrons. The zero-order valence-corrected chi connectivity index (χ0v) is 22.9. The first-order chi connectivity index (χ1) is 19.3. The van der Waals surface area contributed by atoms with E-state index >= 15 is 0 Å². The van der Waals surface area contributed by atoms with Crippen molar-refractivity contribution in [3.63, 3.8) is 0 Å². The Morgan fingerprint density at radius 1 is 0.750 bits per heavy atom. The first kappa shape index (κ1) is 27.7.